The van der Waals surface area contributed by atoms with E-state index in [9.17, 15) is 4.79 Å². The summed E-state index contributed by atoms with van der Waals surface area (Å²) < 4.78 is 0. The topological polar surface area (TPSA) is 41.5 Å². The van der Waals surface area contributed by atoms with E-state index in [0.717, 1.165) is 6.42 Å². The second kappa shape index (κ2) is 5.09. The molecule has 0 aliphatic heterocycles. The average molecular weight is 176 g/mol. The number of rotatable bonds is 3. The van der Waals surface area contributed by atoms with Crippen molar-refractivity contribution in [1.29, 1.82) is 0 Å². The van der Waals surface area contributed by atoms with Crippen molar-refractivity contribution in [3.8, 4) is 0 Å². The Morgan fingerprint density at radius 1 is 1.38 bits per heavy atom. The SMILES string of the molecule is CC/C=N/Nc1cccccc1=O. The molecule has 0 heterocycles. The molecular formula is C10H12N2O. The molecule has 0 saturated heterocycles. The van der Waals surface area contributed by atoms with Crippen molar-refractivity contribution in [2.24, 2.45) is 5.10 Å². The molecule has 0 unspecified atom stereocenters. The highest BCUT2D eigenvalue weighted by molar-refractivity contribution is 5.58. The number of hydrogen-bond donors (Lipinski definition) is 1. The van der Waals surface area contributed by atoms with Gasteiger partial charge < -0.3 is 0 Å². The van der Waals surface area contributed by atoms with Crippen LogP contribution in [-0.2, 0) is 0 Å². The van der Waals surface area contributed by atoms with Gasteiger partial charge in [0.05, 0.1) is 0 Å². The fourth-order valence-corrected chi connectivity index (χ4v) is 0.830. The molecule has 0 aromatic heterocycles. The first-order valence-corrected chi connectivity index (χ1v) is 4.21. The summed E-state index contributed by atoms with van der Waals surface area (Å²) in [6.45, 7) is 1.98. The molecule has 0 fully saturated rings. The zero-order valence-corrected chi connectivity index (χ0v) is 7.53. The van der Waals surface area contributed by atoms with Gasteiger partial charge in [-0.25, -0.2) is 0 Å². The molecule has 13 heavy (non-hydrogen) atoms. The van der Waals surface area contributed by atoms with Crippen LogP contribution in [0.4, 0.5) is 5.69 Å². The lowest BCUT2D eigenvalue weighted by molar-refractivity contribution is 1.26. The van der Waals surface area contributed by atoms with E-state index >= 15 is 0 Å². The third kappa shape index (κ3) is 3.07. The Morgan fingerprint density at radius 3 is 2.92 bits per heavy atom. The maximum Gasteiger partial charge on any atom is 0.203 e. The molecule has 0 spiro atoms. The first kappa shape index (κ1) is 9.45. The lowest BCUT2D eigenvalue weighted by Crippen LogP contribution is -2.02. The number of anilines is 1. The van der Waals surface area contributed by atoms with Gasteiger partial charge in [-0.05, 0) is 18.6 Å². The standard InChI is InChI=1S/C10H12N2O/c1-2-8-11-12-9-6-4-3-5-7-10(9)13/h3-8H,2H2,1H3,(H,12,13)/b11-8+. The highest BCUT2D eigenvalue weighted by Crippen LogP contribution is 1.95. The van der Waals surface area contributed by atoms with Crippen molar-refractivity contribution in [3.63, 3.8) is 0 Å². The Morgan fingerprint density at radius 2 is 2.15 bits per heavy atom. The van der Waals surface area contributed by atoms with Gasteiger partial charge in [-0.1, -0.05) is 25.1 Å². The summed E-state index contributed by atoms with van der Waals surface area (Å²) in [4.78, 5) is 11.3. The van der Waals surface area contributed by atoms with Gasteiger partial charge in [-0.2, -0.15) is 5.10 Å². The van der Waals surface area contributed by atoms with Crippen LogP contribution in [0.1, 0.15) is 13.3 Å². The molecule has 0 aliphatic carbocycles. The van der Waals surface area contributed by atoms with Crippen molar-refractivity contribution in [2.75, 3.05) is 5.43 Å². The zero-order valence-electron chi connectivity index (χ0n) is 7.53. The van der Waals surface area contributed by atoms with Crippen molar-refractivity contribution in [1.82, 2.24) is 0 Å². The molecule has 3 nitrogen and oxygen atoms in total. The minimum atomic E-state index is -0.0572. The molecule has 0 radical (unpaired) electrons. The average Bonchev–Trinajstić information content (AvgIpc) is 2.32. The van der Waals surface area contributed by atoms with Crippen LogP contribution in [0.25, 0.3) is 0 Å². The number of hydrogen-bond acceptors (Lipinski definition) is 3. The highest BCUT2D eigenvalue weighted by atomic mass is 16.1. The van der Waals surface area contributed by atoms with Gasteiger partial charge in [0.25, 0.3) is 0 Å². The monoisotopic (exact) mass is 176 g/mol. The van der Waals surface area contributed by atoms with Gasteiger partial charge in [0.1, 0.15) is 5.69 Å². The summed E-state index contributed by atoms with van der Waals surface area (Å²) in [5.41, 5.74) is 3.13. The number of nitrogens with zero attached hydrogens (tertiary/aromatic N) is 1. The van der Waals surface area contributed by atoms with Crippen LogP contribution in [0.15, 0.2) is 40.2 Å². The third-order valence-electron chi connectivity index (χ3n) is 1.46. The Labute approximate surface area is 77.1 Å². The molecule has 1 aromatic carbocycles. The van der Waals surface area contributed by atoms with Crippen LogP contribution in [0, 0.1) is 0 Å². The first-order valence-electron chi connectivity index (χ1n) is 4.21. The van der Waals surface area contributed by atoms with Gasteiger partial charge in [0.15, 0.2) is 0 Å². The van der Waals surface area contributed by atoms with Crippen molar-refractivity contribution in [2.45, 2.75) is 13.3 Å². The van der Waals surface area contributed by atoms with Crippen LogP contribution in [0.5, 0.6) is 0 Å². The molecule has 0 atom stereocenters. The fraction of sp³-hybridized carbons (Fsp3) is 0.200. The Kier molecular flexibility index (Phi) is 3.70. The molecule has 68 valence electrons. The molecule has 0 aliphatic rings. The quantitative estimate of drug-likeness (QED) is 0.564. The molecule has 1 aromatic rings. The van der Waals surface area contributed by atoms with E-state index in [1.165, 1.54) is 6.07 Å². The fourth-order valence-electron chi connectivity index (χ4n) is 0.830. The van der Waals surface area contributed by atoms with E-state index in [1.807, 2.05) is 6.92 Å². The van der Waals surface area contributed by atoms with Gasteiger partial charge >= 0.3 is 0 Å². The molecule has 0 saturated carbocycles. The van der Waals surface area contributed by atoms with Gasteiger partial charge in [0.2, 0.25) is 5.43 Å². The molecular weight excluding hydrogens is 164 g/mol. The normalized spacial score (nSPS) is 10.2. The second-order valence-electron chi connectivity index (χ2n) is 2.52. The van der Waals surface area contributed by atoms with Crippen molar-refractivity contribution in [3.05, 3.63) is 40.6 Å². The van der Waals surface area contributed by atoms with Crippen LogP contribution in [0.2, 0.25) is 0 Å². The van der Waals surface area contributed by atoms with Gasteiger partial charge in [0, 0.05) is 6.21 Å². The van der Waals surface area contributed by atoms with E-state index in [4.69, 9.17) is 0 Å². The Balaban J connectivity index is 2.84. The summed E-state index contributed by atoms with van der Waals surface area (Å²) in [5, 5.41) is 3.87. The van der Waals surface area contributed by atoms with E-state index < -0.39 is 0 Å². The van der Waals surface area contributed by atoms with Crippen LogP contribution in [-0.4, -0.2) is 6.21 Å². The zero-order chi connectivity index (χ0) is 9.52. The smallest absolute Gasteiger partial charge is 0.203 e. The van der Waals surface area contributed by atoms with Crippen LogP contribution in [0.3, 0.4) is 0 Å². The van der Waals surface area contributed by atoms with Crippen molar-refractivity contribution < 1.29 is 0 Å². The van der Waals surface area contributed by atoms with E-state index in [1.54, 1.807) is 30.5 Å². The minimum absolute atomic E-state index is 0.0572. The van der Waals surface area contributed by atoms with Crippen LogP contribution < -0.4 is 10.9 Å². The lowest BCUT2D eigenvalue weighted by Gasteiger charge is -1.93. The summed E-state index contributed by atoms with van der Waals surface area (Å²) in [6.07, 6.45) is 2.56. The largest absolute Gasteiger partial charge is 0.288 e. The molecule has 0 amide bonds. The predicted molar refractivity (Wildman–Crippen MR) is 55.1 cm³/mol. The second-order valence-corrected chi connectivity index (χ2v) is 2.52. The summed E-state index contributed by atoms with van der Waals surface area (Å²) >= 11 is 0. The van der Waals surface area contributed by atoms with Crippen molar-refractivity contribution >= 4 is 11.9 Å². The predicted octanol–water partition coefficient (Wildman–Crippen LogP) is 1.85. The van der Waals surface area contributed by atoms with Crippen LogP contribution >= 0.6 is 0 Å². The summed E-state index contributed by atoms with van der Waals surface area (Å²) in [6, 6.07) is 8.51. The highest BCUT2D eigenvalue weighted by Gasteiger charge is 1.90. The van der Waals surface area contributed by atoms with E-state index in [0.29, 0.717) is 5.69 Å². The maximum absolute atomic E-state index is 11.3. The molecule has 0 bridgehead atoms. The minimum Gasteiger partial charge on any atom is -0.288 e. The lowest BCUT2D eigenvalue weighted by atomic mass is 10.4. The first-order chi connectivity index (χ1) is 6.34. The Bertz CT molecular complexity index is 347. The van der Waals surface area contributed by atoms with Gasteiger partial charge in [-0.15, -0.1) is 0 Å². The molecule has 3 heteroatoms. The Hall–Kier alpha value is -1.64. The number of hydrazone groups is 1. The van der Waals surface area contributed by atoms with E-state index in [-0.39, 0.29) is 5.43 Å². The summed E-state index contributed by atoms with van der Waals surface area (Å²) in [5.74, 6) is 0. The third-order valence-corrected chi connectivity index (χ3v) is 1.46. The maximum atomic E-state index is 11.3. The van der Waals surface area contributed by atoms with Gasteiger partial charge in [-0.3, -0.25) is 10.2 Å². The number of nitrogens with one attached hydrogen (secondary N) is 1. The molecule has 1 rings (SSSR count). The summed E-state index contributed by atoms with van der Waals surface area (Å²) in [7, 11) is 0. The van der Waals surface area contributed by atoms with E-state index in [2.05, 4.69) is 10.5 Å². The molecule has 1 N–H and O–H groups in total.